The van der Waals surface area contributed by atoms with Crippen LogP contribution in [-0.2, 0) is 0 Å². The monoisotopic (exact) mass is 328 g/mol. The standard InChI is InChI=1S/C16H12N2O4S/c1-22-14-8-10(2-6-13(14)19)3-7-16-17-12-5-4-11(18(20)21)9-15(12)23-16/h2-9,19H,1H3/b7-3+. The molecule has 0 fully saturated rings. The van der Waals surface area contributed by atoms with Crippen LogP contribution in [0.25, 0.3) is 22.4 Å². The van der Waals surface area contributed by atoms with Crippen molar-refractivity contribution in [3.05, 3.63) is 57.1 Å². The first kappa shape index (κ1) is 15.0. The number of benzene rings is 2. The summed E-state index contributed by atoms with van der Waals surface area (Å²) < 4.78 is 5.83. The molecule has 1 N–H and O–H groups in total. The maximum atomic E-state index is 10.8. The van der Waals surface area contributed by atoms with Gasteiger partial charge in [0.25, 0.3) is 5.69 Å². The van der Waals surface area contributed by atoms with Crippen molar-refractivity contribution in [1.29, 1.82) is 0 Å². The lowest BCUT2D eigenvalue weighted by Crippen LogP contribution is -1.85. The molecule has 0 unspecified atom stereocenters. The number of nitrogens with zero attached hydrogens (tertiary/aromatic N) is 2. The molecule has 7 heteroatoms. The van der Waals surface area contributed by atoms with Gasteiger partial charge in [-0.1, -0.05) is 12.1 Å². The highest BCUT2D eigenvalue weighted by Crippen LogP contribution is 2.29. The Kier molecular flexibility index (Phi) is 3.94. The second-order valence-electron chi connectivity index (χ2n) is 4.73. The van der Waals surface area contributed by atoms with Gasteiger partial charge in [-0.3, -0.25) is 10.1 Å². The minimum absolute atomic E-state index is 0.0555. The number of phenols is 1. The van der Waals surface area contributed by atoms with Crippen LogP contribution in [0.2, 0.25) is 0 Å². The number of aromatic nitrogens is 1. The van der Waals surface area contributed by atoms with Crippen LogP contribution >= 0.6 is 11.3 Å². The summed E-state index contributed by atoms with van der Waals surface area (Å²) in [5.74, 6) is 0.476. The van der Waals surface area contributed by atoms with Crippen molar-refractivity contribution in [2.24, 2.45) is 0 Å². The summed E-state index contributed by atoms with van der Waals surface area (Å²) in [6.45, 7) is 0. The summed E-state index contributed by atoms with van der Waals surface area (Å²) in [4.78, 5) is 14.8. The van der Waals surface area contributed by atoms with Gasteiger partial charge in [-0.2, -0.15) is 0 Å². The molecule has 3 aromatic rings. The molecule has 0 atom stereocenters. The van der Waals surface area contributed by atoms with E-state index in [-0.39, 0.29) is 11.4 Å². The van der Waals surface area contributed by atoms with Crippen LogP contribution in [0.1, 0.15) is 10.6 Å². The van der Waals surface area contributed by atoms with Crippen molar-refractivity contribution in [1.82, 2.24) is 4.98 Å². The van der Waals surface area contributed by atoms with E-state index >= 15 is 0 Å². The highest BCUT2D eigenvalue weighted by molar-refractivity contribution is 7.19. The van der Waals surface area contributed by atoms with Gasteiger partial charge >= 0.3 is 0 Å². The highest BCUT2D eigenvalue weighted by atomic mass is 32.1. The Morgan fingerprint density at radius 1 is 1.26 bits per heavy atom. The van der Waals surface area contributed by atoms with Gasteiger partial charge in [0.15, 0.2) is 11.5 Å². The largest absolute Gasteiger partial charge is 0.504 e. The first-order valence-electron chi connectivity index (χ1n) is 6.67. The maximum absolute atomic E-state index is 10.8. The van der Waals surface area contributed by atoms with E-state index in [4.69, 9.17) is 4.74 Å². The van der Waals surface area contributed by atoms with E-state index in [1.54, 1.807) is 24.3 Å². The lowest BCUT2D eigenvalue weighted by molar-refractivity contribution is -0.384. The fourth-order valence-electron chi connectivity index (χ4n) is 2.08. The van der Waals surface area contributed by atoms with Gasteiger partial charge in [0.1, 0.15) is 5.01 Å². The summed E-state index contributed by atoms with van der Waals surface area (Å²) >= 11 is 1.38. The third kappa shape index (κ3) is 3.14. The van der Waals surface area contributed by atoms with Crippen molar-refractivity contribution in [3.8, 4) is 11.5 Å². The summed E-state index contributed by atoms with van der Waals surface area (Å²) in [5, 5.41) is 21.1. The number of phenolic OH excluding ortho intramolecular Hbond substituents is 1. The summed E-state index contributed by atoms with van der Waals surface area (Å²) in [6, 6.07) is 9.63. The fourth-order valence-corrected chi connectivity index (χ4v) is 2.98. The third-order valence-electron chi connectivity index (χ3n) is 3.22. The molecule has 0 aliphatic rings. The van der Waals surface area contributed by atoms with Crippen molar-refractivity contribution in [3.63, 3.8) is 0 Å². The molecular weight excluding hydrogens is 316 g/mol. The Hall–Kier alpha value is -2.93. The number of non-ortho nitro benzene ring substituents is 1. The van der Waals surface area contributed by atoms with Crippen LogP contribution in [-0.4, -0.2) is 22.1 Å². The van der Waals surface area contributed by atoms with Crippen molar-refractivity contribution < 1.29 is 14.8 Å². The fraction of sp³-hybridized carbons (Fsp3) is 0.0625. The quantitative estimate of drug-likeness (QED) is 0.576. The normalized spacial score (nSPS) is 11.2. The Morgan fingerprint density at radius 2 is 2.09 bits per heavy atom. The Morgan fingerprint density at radius 3 is 2.83 bits per heavy atom. The molecule has 0 spiro atoms. The summed E-state index contributed by atoms with van der Waals surface area (Å²) in [7, 11) is 1.49. The third-order valence-corrected chi connectivity index (χ3v) is 4.20. The predicted molar refractivity (Wildman–Crippen MR) is 89.9 cm³/mol. The SMILES string of the molecule is COc1cc(/C=C/c2nc3ccc([N+](=O)[O-])cc3s2)ccc1O. The van der Waals surface area contributed by atoms with Gasteiger partial charge in [-0.05, 0) is 29.8 Å². The zero-order valence-electron chi connectivity index (χ0n) is 12.1. The topological polar surface area (TPSA) is 85.5 Å². The van der Waals surface area contributed by atoms with Gasteiger partial charge in [0, 0.05) is 12.1 Å². The van der Waals surface area contributed by atoms with Gasteiger partial charge in [-0.25, -0.2) is 4.98 Å². The average molecular weight is 328 g/mol. The minimum atomic E-state index is -0.419. The molecule has 116 valence electrons. The molecule has 0 bridgehead atoms. The van der Waals surface area contributed by atoms with Crippen molar-refractivity contribution in [2.75, 3.05) is 7.11 Å². The van der Waals surface area contributed by atoms with Crippen LogP contribution < -0.4 is 4.74 Å². The van der Waals surface area contributed by atoms with Crippen LogP contribution in [0.5, 0.6) is 11.5 Å². The van der Waals surface area contributed by atoms with Crippen molar-refractivity contribution >= 4 is 39.4 Å². The number of methoxy groups -OCH3 is 1. The minimum Gasteiger partial charge on any atom is -0.504 e. The molecule has 2 aromatic carbocycles. The van der Waals surface area contributed by atoms with E-state index in [0.717, 1.165) is 20.8 Å². The molecule has 23 heavy (non-hydrogen) atoms. The molecule has 3 rings (SSSR count). The second kappa shape index (κ2) is 6.05. The van der Waals surface area contributed by atoms with E-state index in [1.807, 2.05) is 12.2 Å². The Balaban J connectivity index is 1.90. The predicted octanol–water partition coefficient (Wildman–Crippen LogP) is 4.09. The van der Waals surface area contributed by atoms with Gasteiger partial charge in [0.05, 0.1) is 22.2 Å². The van der Waals surface area contributed by atoms with Crippen LogP contribution in [0.4, 0.5) is 5.69 Å². The van der Waals surface area contributed by atoms with E-state index in [0.29, 0.717) is 5.75 Å². The lowest BCUT2D eigenvalue weighted by Gasteiger charge is -2.03. The lowest BCUT2D eigenvalue weighted by atomic mass is 10.2. The molecule has 6 nitrogen and oxygen atoms in total. The number of nitro benzene ring substituents is 1. The average Bonchev–Trinajstić information content (AvgIpc) is 2.96. The zero-order valence-corrected chi connectivity index (χ0v) is 12.9. The summed E-state index contributed by atoms with van der Waals surface area (Å²) in [5.41, 5.74) is 1.63. The van der Waals surface area contributed by atoms with Crippen LogP contribution in [0, 0.1) is 10.1 Å². The number of fused-ring (bicyclic) bond motifs is 1. The molecule has 0 saturated heterocycles. The molecule has 0 saturated carbocycles. The zero-order chi connectivity index (χ0) is 16.4. The number of rotatable bonds is 4. The summed E-state index contributed by atoms with van der Waals surface area (Å²) in [6.07, 6.45) is 3.66. The number of aromatic hydroxyl groups is 1. The molecule has 0 aliphatic carbocycles. The van der Waals surface area contributed by atoms with Crippen molar-refractivity contribution in [2.45, 2.75) is 0 Å². The Labute approximate surface area is 135 Å². The van der Waals surface area contributed by atoms with E-state index in [2.05, 4.69) is 4.98 Å². The number of hydrogen-bond acceptors (Lipinski definition) is 6. The number of thiazole rings is 1. The van der Waals surface area contributed by atoms with E-state index < -0.39 is 4.92 Å². The van der Waals surface area contributed by atoms with Crippen LogP contribution in [0.15, 0.2) is 36.4 Å². The molecule has 0 aliphatic heterocycles. The molecule has 1 heterocycles. The Bertz CT molecular complexity index is 918. The molecule has 0 amide bonds. The van der Waals surface area contributed by atoms with Crippen LogP contribution in [0.3, 0.4) is 0 Å². The number of hydrogen-bond donors (Lipinski definition) is 1. The van der Waals surface area contributed by atoms with Gasteiger partial charge in [-0.15, -0.1) is 11.3 Å². The first-order valence-corrected chi connectivity index (χ1v) is 7.48. The second-order valence-corrected chi connectivity index (χ2v) is 5.79. The first-order chi connectivity index (χ1) is 11.1. The van der Waals surface area contributed by atoms with Gasteiger partial charge in [0.2, 0.25) is 0 Å². The van der Waals surface area contributed by atoms with E-state index in [9.17, 15) is 15.2 Å². The number of ether oxygens (including phenoxy) is 1. The molecule has 0 radical (unpaired) electrons. The maximum Gasteiger partial charge on any atom is 0.270 e. The smallest absolute Gasteiger partial charge is 0.270 e. The van der Waals surface area contributed by atoms with Gasteiger partial charge < -0.3 is 9.84 Å². The number of nitro groups is 1. The molecular formula is C16H12N2O4S. The highest BCUT2D eigenvalue weighted by Gasteiger charge is 2.09. The van der Waals surface area contributed by atoms with E-state index in [1.165, 1.54) is 30.6 Å². The molecule has 1 aromatic heterocycles.